The van der Waals surface area contributed by atoms with E-state index in [0.29, 0.717) is 17.2 Å². The van der Waals surface area contributed by atoms with Crippen LogP contribution >= 0.6 is 0 Å². The number of benzene rings is 2. The van der Waals surface area contributed by atoms with Crippen LogP contribution in [0.3, 0.4) is 0 Å². The van der Waals surface area contributed by atoms with Crippen molar-refractivity contribution in [2.24, 2.45) is 0 Å². The lowest BCUT2D eigenvalue weighted by Gasteiger charge is -2.08. The van der Waals surface area contributed by atoms with Crippen LogP contribution in [0.5, 0.6) is 17.2 Å². The molecule has 0 aliphatic rings. The normalized spacial score (nSPS) is 10.0. The van der Waals surface area contributed by atoms with Crippen molar-refractivity contribution in [2.45, 2.75) is 6.92 Å². The summed E-state index contributed by atoms with van der Waals surface area (Å²) in [5, 5.41) is 0. The average molecular weight is 261 g/mol. The van der Waals surface area contributed by atoms with E-state index in [1.807, 2.05) is 0 Å². The molecule has 0 aliphatic carbocycles. The zero-order valence-corrected chi connectivity index (χ0v) is 10.2. The van der Waals surface area contributed by atoms with Gasteiger partial charge in [-0.2, -0.15) is 0 Å². The molecular weight excluding hydrogens is 249 g/mol. The molecule has 19 heavy (non-hydrogen) atoms. The molecule has 0 radical (unpaired) electrons. The van der Waals surface area contributed by atoms with Gasteiger partial charge in [0.05, 0.1) is 5.69 Å². The van der Waals surface area contributed by atoms with Crippen LogP contribution in [0.15, 0.2) is 42.5 Å². The number of carbonyl (C=O) groups excluding carboxylic acids is 1. The first-order valence-electron chi connectivity index (χ1n) is 5.56. The van der Waals surface area contributed by atoms with E-state index in [1.165, 1.54) is 25.1 Å². The number of hydrogen-bond donors (Lipinski definition) is 1. The average Bonchev–Trinajstić information content (AvgIpc) is 2.33. The van der Waals surface area contributed by atoms with Crippen LogP contribution in [0.1, 0.15) is 6.92 Å². The summed E-state index contributed by atoms with van der Waals surface area (Å²) >= 11 is 0. The summed E-state index contributed by atoms with van der Waals surface area (Å²) in [5.41, 5.74) is 5.43. The first kappa shape index (κ1) is 12.9. The molecule has 0 bridgehead atoms. The van der Waals surface area contributed by atoms with Crippen molar-refractivity contribution in [1.29, 1.82) is 0 Å². The minimum absolute atomic E-state index is 0.0565. The summed E-state index contributed by atoms with van der Waals surface area (Å²) in [5.74, 6) is 0.139. The van der Waals surface area contributed by atoms with E-state index in [2.05, 4.69) is 0 Å². The lowest BCUT2D eigenvalue weighted by Crippen LogP contribution is -2.01. The number of halogens is 1. The Morgan fingerprint density at radius 1 is 1.11 bits per heavy atom. The van der Waals surface area contributed by atoms with Gasteiger partial charge < -0.3 is 15.2 Å². The summed E-state index contributed by atoms with van der Waals surface area (Å²) in [6.07, 6.45) is 0. The van der Waals surface area contributed by atoms with Gasteiger partial charge in [-0.1, -0.05) is 6.07 Å². The lowest BCUT2D eigenvalue weighted by atomic mass is 10.3. The second-order valence-electron chi connectivity index (χ2n) is 3.85. The molecule has 0 saturated heterocycles. The van der Waals surface area contributed by atoms with Gasteiger partial charge in [-0.05, 0) is 24.3 Å². The number of ether oxygens (including phenoxy) is 2. The number of esters is 1. The van der Waals surface area contributed by atoms with Gasteiger partial charge in [0, 0.05) is 19.1 Å². The molecule has 2 N–H and O–H groups in total. The Kier molecular flexibility index (Phi) is 3.66. The molecule has 98 valence electrons. The number of hydrogen-bond acceptors (Lipinski definition) is 4. The van der Waals surface area contributed by atoms with Crippen molar-refractivity contribution in [1.82, 2.24) is 0 Å². The van der Waals surface area contributed by atoms with E-state index >= 15 is 0 Å². The second-order valence-corrected chi connectivity index (χ2v) is 3.85. The maximum atomic E-state index is 13.3. The third-order valence-corrected chi connectivity index (χ3v) is 2.27. The molecule has 0 atom stereocenters. The Morgan fingerprint density at radius 2 is 1.79 bits per heavy atom. The fourth-order valence-electron chi connectivity index (χ4n) is 1.47. The van der Waals surface area contributed by atoms with Crippen molar-refractivity contribution in [2.75, 3.05) is 5.73 Å². The Balaban J connectivity index is 2.18. The zero-order chi connectivity index (χ0) is 13.8. The predicted octanol–water partition coefficient (Wildman–Crippen LogP) is 3.13. The Bertz CT molecular complexity index is 613. The number of rotatable bonds is 3. The van der Waals surface area contributed by atoms with Crippen LogP contribution < -0.4 is 15.2 Å². The van der Waals surface area contributed by atoms with Crippen molar-refractivity contribution >= 4 is 11.7 Å². The number of nitrogen functional groups attached to an aromatic ring is 1. The summed E-state index contributed by atoms with van der Waals surface area (Å²) < 4.78 is 23.6. The molecule has 0 spiro atoms. The van der Waals surface area contributed by atoms with Crippen molar-refractivity contribution in [3.05, 3.63) is 48.3 Å². The third-order valence-electron chi connectivity index (χ3n) is 2.27. The topological polar surface area (TPSA) is 61.5 Å². The lowest BCUT2D eigenvalue weighted by molar-refractivity contribution is -0.131. The summed E-state index contributed by atoms with van der Waals surface area (Å²) in [6.45, 7) is 1.31. The highest BCUT2D eigenvalue weighted by atomic mass is 19.1. The van der Waals surface area contributed by atoms with Crippen LogP contribution in [0, 0.1) is 5.82 Å². The number of carbonyl (C=O) groups is 1. The van der Waals surface area contributed by atoms with Gasteiger partial charge in [-0.15, -0.1) is 0 Å². The molecule has 0 heterocycles. The monoisotopic (exact) mass is 261 g/mol. The predicted molar refractivity (Wildman–Crippen MR) is 68.6 cm³/mol. The minimum Gasteiger partial charge on any atom is -0.457 e. The molecular formula is C14H12FNO3. The maximum absolute atomic E-state index is 13.3. The van der Waals surface area contributed by atoms with Crippen molar-refractivity contribution in [3.63, 3.8) is 0 Å². The van der Waals surface area contributed by atoms with Crippen LogP contribution in [-0.2, 0) is 4.79 Å². The third kappa shape index (κ3) is 3.45. The van der Waals surface area contributed by atoms with Crippen molar-refractivity contribution in [3.8, 4) is 17.2 Å². The Morgan fingerprint density at radius 3 is 2.47 bits per heavy atom. The molecule has 2 rings (SSSR count). The van der Waals surface area contributed by atoms with E-state index in [0.717, 1.165) is 0 Å². The van der Waals surface area contributed by atoms with Gasteiger partial charge in [0.15, 0.2) is 0 Å². The van der Waals surface area contributed by atoms with Crippen LogP contribution in [-0.4, -0.2) is 5.97 Å². The highest BCUT2D eigenvalue weighted by molar-refractivity contribution is 5.69. The summed E-state index contributed by atoms with van der Waals surface area (Å²) in [6, 6.07) is 10.7. The van der Waals surface area contributed by atoms with E-state index in [4.69, 9.17) is 15.2 Å². The first-order chi connectivity index (χ1) is 9.04. The van der Waals surface area contributed by atoms with Crippen LogP contribution in [0.2, 0.25) is 0 Å². The fourth-order valence-corrected chi connectivity index (χ4v) is 1.47. The fraction of sp³-hybridized carbons (Fsp3) is 0.0714. The molecule has 5 heteroatoms. The SMILES string of the molecule is CC(=O)Oc1cccc(Oc2ccc(N)c(F)c2)c1. The smallest absolute Gasteiger partial charge is 0.308 e. The molecule has 0 fully saturated rings. The van der Waals surface area contributed by atoms with Crippen LogP contribution in [0.25, 0.3) is 0 Å². The van der Waals surface area contributed by atoms with Gasteiger partial charge >= 0.3 is 5.97 Å². The first-order valence-corrected chi connectivity index (χ1v) is 5.56. The Hall–Kier alpha value is -2.56. The summed E-state index contributed by atoms with van der Waals surface area (Å²) in [7, 11) is 0. The highest BCUT2D eigenvalue weighted by Crippen LogP contribution is 2.27. The molecule has 2 aromatic carbocycles. The largest absolute Gasteiger partial charge is 0.457 e. The quantitative estimate of drug-likeness (QED) is 0.524. The highest BCUT2D eigenvalue weighted by Gasteiger charge is 2.04. The molecule has 2 aromatic rings. The number of anilines is 1. The van der Waals surface area contributed by atoms with Gasteiger partial charge in [-0.3, -0.25) is 4.79 Å². The minimum atomic E-state index is -0.548. The molecule has 0 aromatic heterocycles. The maximum Gasteiger partial charge on any atom is 0.308 e. The van der Waals surface area contributed by atoms with Crippen molar-refractivity contribution < 1.29 is 18.7 Å². The van der Waals surface area contributed by atoms with E-state index < -0.39 is 11.8 Å². The van der Waals surface area contributed by atoms with E-state index in [1.54, 1.807) is 24.3 Å². The number of nitrogens with two attached hydrogens (primary N) is 1. The molecule has 0 amide bonds. The van der Waals surface area contributed by atoms with Crippen LogP contribution in [0.4, 0.5) is 10.1 Å². The summed E-state index contributed by atoms with van der Waals surface area (Å²) in [4.78, 5) is 10.8. The molecule has 0 aliphatic heterocycles. The van der Waals surface area contributed by atoms with E-state index in [-0.39, 0.29) is 5.69 Å². The van der Waals surface area contributed by atoms with Gasteiger partial charge in [0.25, 0.3) is 0 Å². The van der Waals surface area contributed by atoms with E-state index in [9.17, 15) is 9.18 Å². The molecule has 0 saturated carbocycles. The molecule has 0 unspecified atom stereocenters. The van der Waals surface area contributed by atoms with Gasteiger partial charge in [0.2, 0.25) is 0 Å². The second kappa shape index (κ2) is 5.39. The van der Waals surface area contributed by atoms with Gasteiger partial charge in [-0.25, -0.2) is 4.39 Å². The standard InChI is InChI=1S/C14H12FNO3/c1-9(17)18-10-3-2-4-11(7-10)19-12-5-6-14(16)13(15)8-12/h2-8H,16H2,1H3. The Labute approximate surface area is 109 Å². The van der Waals surface area contributed by atoms with Gasteiger partial charge in [0.1, 0.15) is 23.1 Å². The molecule has 4 nitrogen and oxygen atoms in total. The zero-order valence-electron chi connectivity index (χ0n) is 10.2.